The van der Waals surface area contributed by atoms with Crippen molar-refractivity contribution < 1.29 is 13.9 Å². The van der Waals surface area contributed by atoms with E-state index in [1.807, 2.05) is 0 Å². The lowest BCUT2D eigenvalue weighted by Gasteiger charge is -2.38. The molecule has 0 saturated heterocycles. The first-order chi connectivity index (χ1) is 10.9. The zero-order chi connectivity index (χ0) is 18.9. The Morgan fingerprint density at radius 3 is 1.75 bits per heavy atom. The molecule has 0 aliphatic heterocycles. The van der Waals surface area contributed by atoms with Crippen LogP contribution in [-0.2, 0) is 10.8 Å². The zero-order valence-electron chi connectivity index (χ0n) is 17.5. The summed E-state index contributed by atoms with van der Waals surface area (Å²) in [6, 6.07) is 0. The van der Waals surface area contributed by atoms with Crippen LogP contribution in [0.5, 0.6) is 11.5 Å². The van der Waals surface area contributed by atoms with Crippen LogP contribution < -0.4 is 9.47 Å². The lowest BCUT2D eigenvalue weighted by atomic mass is 9.94. The molecule has 0 aliphatic rings. The van der Waals surface area contributed by atoms with Gasteiger partial charge in [0.05, 0.1) is 14.2 Å². The van der Waals surface area contributed by atoms with Crippen molar-refractivity contribution in [2.75, 3.05) is 14.2 Å². The molecule has 138 valence electrons. The molecule has 0 spiro atoms. The van der Waals surface area contributed by atoms with Crippen molar-refractivity contribution >= 4 is 8.32 Å². The third-order valence-electron chi connectivity index (χ3n) is 5.51. The highest BCUT2D eigenvalue weighted by molar-refractivity contribution is 6.74. The van der Waals surface area contributed by atoms with Crippen molar-refractivity contribution in [1.82, 2.24) is 0 Å². The molecule has 0 heterocycles. The minimum Gasteiger partial charge on any atom is -0.496 e. The molecule has 0 amide bonds. The van der Waals surface area contributed by atoms with E-state index in [0.717, 1.165) is 34.6 Å². The first-order valence-electron chi connectivity index (χ1n) is 8.75. The van der Waals surface area contributed by atoms with E-state index in [2.05, 4.69) is 61.6 Å². The molecule has 0 aromatic heterocycles. The summed E-state index contributed by atoms with van der Waals surface area (Å²) >= 11 is 0. The van der Waals surface area contributed by atoms with Crippen molar-refractivity contribution in [3.8, 4) is 11.5 Å². The topological polar surface area (TPSA) is 27.7 Å². The van der Waals surface area contributed by atoms with E-state index >= 15 is 0 Å². The van der Waals surface area contributed by atoms with Crippen LogP contribution in [0.4, 0.5) is 0 Å². The molecule has 1 aromatic rings. The van der Waals surface area contributed by atoms with Crippen LogP contribution in [0.1, 0.15) is 49.9 Å². The Hall–Kier alpha value is -1.00. The van der Waals surface area contributed by atoms with Gasteiger partial charge in [0.15, 0.2) is 8.32 Å². The van der Waals surface area contributed by atoms with Gasteiger partial charge in [0, 0.05) is 18.1 Å². The molecule has 0 fully saturated rings. The first kappa shape index (κ1) is 21.0. The number of hydrogen-bond acceptors (Lipinski definition) is 3. The fourth-order valence-electron chi connectivity index (χ4n) is 2.99. The van der Waals surface area contributed by atoms with Crippen LogP contribution in [-0.4, -0.2) is 28.6 Å². The van der Waals surface area contributed by atoms with Gasteiger partial charge in [-0.15, -0.1) is 0 Å². The number of rotatable bonds is 6. The Kier molecular flexibility index (Phi) is 6.56. The summed E-state index contributed by atoms with van der Waals surface area (Å²) in [4.78, 5) is 0. The molecule has 0 bridgehead atoms. The summed E-state index contributed by atoms with van der Waals surface area (Å²) in [6.45, 7) is 19.9. The second kappa shape index (κ2) is 7.48. The lowest BCUT2D eigenvalue weighted by Crippen LogP contribution is -2.43. The largest absolute Gasteiger partial charge is 0.496 e. The third kappa shape index (κ3) is 4.15. The van der Waals surface area contributed by atoms with Crippen molar-refractivity contribution in [2.45, 2.75) is 79.1 Å². The average molecular weight is 353 g/mol. The Morgan fingerprint density at radius 1 is 0.875 bits per heavy atom. The summed E-state index contributed by atoms with van der Waals surface area (Å²) in [5.41, 5.74) is 4.65. The van der Waals surface area contributed by atoms with Crippen LogP contribution in [0, 0.1) is 20.8 Å². The van der Waals surface area contributed by atoms with E-state index in [1.54, 1.807) is 14.2 Å². The maximum absolute atomic E-state index is 6.55. The summed E-state index contributed by atoms with van der Waals surface area (Å²) in [5, 5.41) is 0.210. The quantitative estimate of drug-likeness (QED) is 0.625. The number of methoxy groups -OCH3 is 2. The van der Waals surface area contributed by atoms with Crippen LogP contribution in [0.15, 0.2) is 0 Å². The second-order valence-electron chi connectivity index (χ2n) is 8.31. The molecule has 1 atom stereocenters. The van der Waals surface area contributed by atoms with Gasteiger partial charge < -0.3 is 13.9 Å². The highest BCUT2D eigenvalue weighted by Gasteiger charge is 2.38. The molecule has 0 aliphatic carbocycles. The van der Waals surface area contributed by atoms with Gasteiger partial charge in [-0.3, -0.25) is 0 Å². The third-order valence-corrected chi connectivity index (χ3v) is 10.1. The van der Waals surface area contributed by atoms with Crippen molar-refractivity contribution in [3.05, 3.63) is 22.3 Å². The van der Waals surface area contributed by atoms with E-state index < -0.39 is 8.32 Å². The van der Waals surface area contributed by atoms with Gasteiger partial charge in [-0.1, -0.05) is 20.8 Å². The normalized spacial score (nSPS) is 13.8. The fraction of sp³-hybridized carbons (Fsp3) is 0.700. The van der Waals surface area contributed by atoms with E-state index in [4.69, 9.17) is 13.9 Å². The Balaban J connectivity index is 3.22. The molecule has 24 heavy (non-hydrogen) atoms. The monoisotopic (exact) mass is 352 g/mol. The van der Waals surface area contributed by atoms with Crippen LogP contribution >= 0.6 is 0 Å². The molecule has 0 saturated carbocycles. The van der Waals surface area contributed by atoms with Crippen LogP contribution in [0.3, 0.4) is 0 Å². The number of hydrogen-bond donors (Lipinski definition) is 0. The molecule has 1 rings (SSSR count). The zero-order valence-corrected chi connectivity index (χ0v) is 18.5. The van der Waals surface area contributed by atoms with Crippen molar-refractivity contribution in [1.29, 1.82) is 0 Å². The predicted octanol–water partition coefficient (Wildman–Crippen LogP) is 5.58. The van der Waals surface area contributed by atoms with Gasteiger partial charge in [-0.05, 0) is 62.5 Å². The van der Waals surface area contributed by atoms with Crippen LogP contribution in [0.25, 0.3) is 0 Å². The van der Waals surface area contributed by atoms with Gasteiger partial charge in [-0.2, -0.15) is 0 Å². The van der Waals surface area contributed by atoms with E-state index in [0.29, 0.717) is 0 Å². The second-order valence-corrected chi connectivity index (χ2v) is 13.1. The Morgan fingerprint density at radius 2 is 1.33 bits per heavy atom. The Labute approximate surface area is 149 Å². The van der Waals surface area contributed by atoms with Crippen molar-refractivity contribution in [3.63, 3.8) is 0 Å². The molecule has 0 radical (unpaired) electrons. The summed E-state index contributed by atoms with van der Waals surface area (Å²) in [6.07, 6.45) is 0.976. The average Bonchev–Trinajstić information content (AvgIpc) is 2.44. The van der Waals surface area contributed by atoms with Gasteiger partial charge in [0.25, 0.3) is 0 Å². The molecule has 4 heteroatoms. The Bertz CT molecular complexity index is 586. The smallest absolute Gasteiger partial charge is 0.192 e. The highest BCUT2D eigenvalue weighted by atomic mass is 28.4. The minimum absolute atomic E-state index is 0.144. The summed E-state index contributed by atoms with van der Waals surface area (Å²) in [5.74, 6) is 1.93. The van der Waals surface area contributed by atoms with Gasteiger partial charge in [0.2, 0.25) is 0 Å². The van der Waals surface area contributed by atoms with Gasteiger partial charge >= 0.3 is 0 Å². The maximum atomic E-state index is 6.55. The van der Waals surface area contributed by atoms with Crippen molar-refractivity contribution in [2.24, 2.45) is 0 Å². The van der Waals surface area contributed by atoms with E-state index in [9.17, 15) is 0 Å². The number of ether oxygens (including phenoxy) is 2. The lowest BCUT2D eigenvalue weighted by molar-refractivity contribution is 0.197. The maximum Gasteiger partial charge on any atom is 0.192 e. The number of benzene rings is 1. The van der Waals surface area contributed by atoms with Gasteiger partial charge in [-0.25, -0.2) is 0 Å². The molecule has 1 unspecified atom stereocenters. The highest BCUT2D eigenvalue weighted by Crippen LogP contribution is 2.40. The van der Waals surface area contributed by atoms with E-state index in [1.165, 1.54) is 5.56 Å². The standard InChI is InChI=1S/C20H36O3Si/c1-13(23-24(10,11)20(5,6)7)12-17-16(4)18(21-8)14(2)15(3)19(17)22-9/h13H,12H2,1-11H3. The minimum atomic E-state index is -1.79. The molecular weight excluding hydrogens is 316 g/mol. The SMILES string of the molecule is COc1c(C)c(C)c(OC)c(CC(C)O[Si](C)(C)C(C)(C)C)c1C. The molecule has 1 aromatic carbocycles. The van der Waals surface area contributed by atoms with E-state index in [-0.39, 0.29) is 11.1 Å². The molecule has 0 N–H and O–H groups in total. The van der Waals surface area contributed by atoms with Crippen LogP contribution in [0.2, 0.25) is 18.1 Å². The van der Waals surface area contributed by atoms with Gasteiger partial charge in [0.1, 0.15) is 11.5 Å². The summed E-state index contributed by atoms with van der Waals surface area (Å²) < 4.78 is 17.9. The molecular formula is C20H36O3Si. The fourth-order valence-corrected chi connectivity index (χ4v) is 4.44. The summed E-state index contributed by atoms with van der Waals surface area (Å²) in [7, 11) is 1.70. The first-order valence-corrected chi connectivity index (χ1v) is 11.7. The molecule has 3 nitrogen and oxygen atoms in total. The predicted molar refractivity (Wildman–Crippen MR) is 105 cm³/mol.